The van der Waals surface area contributed by atoms with Gasteiger partial charge in [-0.25, -0.2) is 4.98 Å². The van der Waals surface area contributed by atoms with Crippen LogP contribution in [0.3, 0.4) is 0 Å². The van der Waals surface area contributed by atoms with Crippen LogP contribution in [0.15, 0.2) is 79.0 Å². The van der Waals surface area contributed by atoms with E-state index >= 15 is 0 Å². The summed E-state index contributed by atoms with van der Waals surface area (Å²) in [7, 11) is 0. The molecule has 0 spiro atoms. The van der Waals surface area contributed by atoms with Gasteiger partial charge in [-0.1, -0.05) is 41.4 Å². The molecule has 2 heterocycles. The van der Waals surface area contributed by atoms with Gasteiger partial charge in [-0.05, 0) is 55.0 Å². The van der Waals surface area contributed by atoms with Crippen LogP contribution < -0.4 is 14.8 Å². The number of ether oxygens (including phenoxy) is 2. The van der Waals surface area contributed by atoms with Gasteiger partial charge in [0.2, 0.25) is 0 Å². The molecule has 0 saturated heterocycles. The number of nitrogens with one attached hydrogen (secondary N) is 1. The summed E-state index contributed by atoms with van der Waals surface area (Å²) in [5.41, 5.74) is 2.64. The van der Waals surface area contributed by atoms with E-state index in [1.807, 2.05) is 30.3 Å². The molecule has 1 unspecified atom stereocenters. The number of anilines is 1. The smallest absolute Gasteiger partial charge is 0.311 e. The van der Waals surface area contributed by atoms with Gasteiger partial charge in [-0.2, -0.15) is 0 Å². The van der Waals surface area contributed by atoms with Crippen molar-refractivity contribution < 1.29 is 24.2 Å². The van der Waals surface area contributed by atoms with Crippen molar-refractivity contribution in [3.63, 3.8) is 0 Å². The SMILES string of the molecule is O=C(Nc1ccc(-c2ccccc2Cl)cn1)c1ccc(Oc2cc3c(cc2Cl)C(C(=O)O)CCO3)cc1. The molecule has 7 nitrogen and oxygen atoms in total. The molecule has 1 aliphatic heterocycles. The summed E-state index contributed by atoms with van der Waals surface area (Å²) in [6.45, 7) is 0.298. The molecule has 0 saturated carbocycles. The first-order valence-corrected chi connectivity index (χ1v) is 12.1. The van der Waals surface area contributed by atoms with E-state index in [0.29, 0.717) is 52.2 Å². The first-order chi connectivity index (χ1) is 17.9. The van der Waals surface area contributed by atoms with Gasteiger partial charge in [0.1, 0.15) is 23.1 Å². The highest BCUT2D eigenvalue weighted by atomic mass is 35.5. The second-order valence-corrected chi connectivity index (χ2v) is 9.16. The maximum absolute atomic E-state index is 12.7. The Morgan fingerprint density at radius 1 is 1.00 bits per heavy atom. The molecular formula is C28H20Cl2N2O5. The van der Waals surface area contributed by atoms with E-state index in [0.717, 1.165) is 11.1 Å². The normalized spacial score (nSPS) is 14.3. The van der Waals surface area contributed by atoms with Crippen molar-refractivity contribution in [1.29, 1.82) is 0 Å². The molecule has 0 fully saturated rings. The second kappa shape index (κ2) is 10.5. The predicted octanol–water partition coefficient (Wildman–Crippen LogP) is 7.05. The van der Waals surface area contributed by atoms with Crippen LogP contribution in [0.2, 0.25) is 10.0 Å². The first-order valence-electron chi connectivity index (χ1n) is 11.4. The van der Waals surface area contributed by atoms with Crippen molar-refractivity contribution in [2.45, 2.75) is 12.3 Å². The summed E-state index contributed by atoms with van der Waals surface area (Å²) in [6.07, 6.45) is 2.03. The number of pyridine rings is 1. The summed E-state index contributed by atoms with van der Waals surface area (Å²) >= 11 is 12.6. The minimum Gasteiger partial charge on any atom is -0.493 e. The third kappa shape index (κ3) is 5.38. The van der Waals surface area contributed by atoms with Gasteiger partial charge in [-0.15, -0.1) is 0 Å². The number of carbonyl (C=O) groups is 2. The lowest BCUT2D eigenvalue weighted by atomic mass is 9.93. The molecule has 4 aromatic rings. The maximum atomic E-state index is 12.7. The lowest BCUT2D eigenvalue weighted by Crippen LogP contribution is -2.20. The summed E-state index contributed by atoms with van der Waals surface area (Å²) in [6, 6.07) is 20.7. The molecule has 9 heteroatoms. The van der Waals surface area contributed by atoms with Crippen LogP contribution in [0.1, 0.15) is 28.3 Å². The number of aliphatic carboxylic acids is 1. The fraction of sp³-hybridized carbons (Fsp3) is 0.107. The molecule has 1 atom stereocenters. The largest absolute Gasteiger partial charge is 0.493 e. The summed E-state index contributed by atoms with van der Waals surface area (Å²) in [5.74, 6) is -0.310. The highest BCUT2D eigenvalue weighted by molar-refractivity contribution is 6.33. The molecular weight excluding hydrogens is 515 g/mol. The Labute approximate surface area is 222 Å². The second-order valence-electron chi connectivity index (χ2n) is 8.34. The standard InChI is InChI=1S/C28H20Cl2N2O5/c29-22-4-2-1-3-19(22)17-7-10-26(31-15-17)32-27(33)16-5-8-18(9-6-16)37-25-14-24-21(13-23(25)30)20(28(34)35)11-12-36-24/h1-10,13-15,20H,11-12H2,(H,34,35)(H,31,32,33). The number of nitrogens with zero attached hydrogens (tertiary/aromatic N) is 1. The molecule has 3 aromatic carbocycles. The van der Waals surface area contributed by atoms with Crippen LogP contribution in [0.5, 0.6) is 17.2 Å². The summed E-state index contributed by atoms with van der Waals surface area (Å²) in [4.78, 5) is 28.5. The van der Waals surface area contributed by atoms with Crippen molar-refractivity contribution in [3.8, 4) is 28.4 Å². The van der Waals surface area contributed by atoms with Crippen LogP contribution in [0.4, 0.5) is 5.82 Å². The van der Waals surface area contributed by atoms with Crippen molar-refractivity contribution in [1.82, 2.24) is 4.98 Å². The molecule has 1 aliphatic rings. The lowest BCUT2D eigenvalue weighted by Gasteiger charge is -2.24. The van der Waals surface area contributed by atoms with E-state index in [4.69, 9.17) is 32.7 Å². The molecule has 186 valence electrons. The van der Waals surface area contributed by atoms with E-state index in [-0.39, 0.29) is 10.9 Å². The highest BCUT2D eigenvalue weighted by Gasteiger charge is 2.29. The Bertz CT molecular complexity index is 1470. The van der Waals surface area contributed by atoms with Gasteiger partial charge in [0, 0.05) is 39.5 Å². The van der Waals surface area contributed by atoms with Gasteiger partial charge in [0.15, 0.2) is 0 Å². The number of carboxylic acid groups (broad SMARTS) is 1. The van der Waals surface area contributed by atoms with Gasteiger partial charge in [0.05, 0.1) is 17.5 Å². The Kier molecular flexibility index (Phi) is 6.99. The van der Waals surface area contributed by atoms with Crippen LogP contribution in [-0.4, -0.2) is 28.6 Å². The monoisotopic (exact) mass is 534 g/mol. The van der Waals surface area contributed by atoms with E-state index in [1.54, 1.807) is 48.7 Å². The highest BCUT2D eigenvalue weighted by Crippen LogP contribution is 2.41. The number of amides is 1. The molecule has 0 bridgehead atoms. The summed E-state index contributed by atoms with van der Waals surface area (Å²) < 4.78 is 11.5. The zero-order chi connectivity index (χ0) is 25.9. The number of halogens is 2. The number of carboxylic acids is 1. The van der Waals surface area contributed by atoms with Gasteiger partial charge >= 0.3 is 5.97 Å². The number of benzene rings is 3. The minimum absolute atomic E-state index is 0.267. The zero-order valence-electron chi connectivity index (χ0n) is 19.3. The average molecular weight is 535 g/mol. The average Bonchev–Trinajstić information content (AvgIpc) is 2.90. The Morgan fingerprint density at radius 2 is 1.78 bits per heavy atom. The van der Waals surface area contributed by atoms with E-state index in [1.165, 1.54) is 0 Å². The van der Waals surface area contributed by atoms with Crippen molar-refractivity contribution in [3.05, 3.63) is 100 Å². The van der Waals surface area contributed by atoms with Crippen LogP contribution in [0.25, 0.3) is 11.1 Å². The first kappa shape index (κ1) is 24.6. The van der Waals surface area contributed by atoms with Crippen LogP contribution in [-0.2, 0) is 4.79 Å². The number of hydrogen-bond acceptors (Lipinski definition) is 5. The number of fused-ring (bicyclic) bond motifs is 1. The van der Waals surface area contributed by atoms with Crippen molar-refractivity contribution in [2.24, 2.45) is 0 Å². The van der Waals surface area contributed by atoms with Gasteiger partial charge in [-0.3, -0.25) is 9.59 Å². The maximum Gasteiger partial charge on any atom is 0.311 e. The lowest BCUT2D eigenvalue weighted by molar-refractivity contribution is -0.139. The Morgan fingerprint density at radius 3 is 2.49 bits per heavy atom. The fourth-order valence-corrected chi connectivity index (χ4v) is 4.49. The third-order valence-electron chi connectivity index (χ3n) is 5.94. The molecule has 0 radical (unpaired) electrons. The molecule has 0 aliphatic carbocycles. The number of aromatic nitrogens is 1. The van der Waals surface area contributed by atoms with E-state index in [2.05, 4.69) is 10.3 Å². The van der Waals surface area contributed by atoms with Crippen molar-refractivity contribution >= 4 is 40.9 Å². The Balaban J connectivity index is 1.26. The third-order valence-corrected chi connectivity index (χ3v) is 6.56. The molecule has 2 N–H and O–H groups in total. The molecule has 5 rings (SSSR count). The summed E-state index contributed by atoms with van der Waals surface area (Å²) in [5, 5.41) is 13.1. The quantitative estimate of drug-likeness (QED) is 0.275. The van der Waals surface area contributed by atoms with Crippen LogP contribution >= 0.6 is 23.2 Å². The van der Waals surface area contributed by atoms with Crippen LogP contribution in [0, 0.1) is 0 Å². The van der Waals surface area contributed by atoms with Gasteiger partial charge < -0.3 is 19.9 Å². The topological polar surface area (TPSA) is 97.8 Å². The minimum atomic E-state index is -0.921. The number of hydrogen-bond donors (Lipinski definition) is 2. The molecule has 1 amide bonds. The van der Waals surface area contributed by atoms with E-state index in [9.17, 15) is 14.7 Å². The van der Waals surface area contributed by atoms with Gasteiger partial charge in [0.25, 0.3) is 5.91 Å². The number of rotatable bonds is 6. The zero-order valence-corrected chi connectivity index (χ0v) is 20.8. The number of carbonyl (C=O) groups excluding carboxylic acids is 1. The van der Waals surface area contributed by atoms with Crippen molar-refractivity contribution in [2.75, 3.05) is 11.9 Å². The van der Waals surface area contributed by atoms with E-state index < -0.39 is 11.9 Å². The Hall–Kier alpha value is -4.07. The molecule has 37 heavy (non-hydrogen) atoms. The molecule has 1 aromatic heterocycles. The fourth-order valence-electron chi connectivity index (χ4n) is 4.04. The predicted molar refractivity (Wildman–Crippen MR) is 141 cm³/mol.